The van der Waals surface area contributed by atoms with Crippen LogP contribution in [0.2, 0.25) is 0 Å². The molecule has 0 amide bonds. The number of hydrogen-bond donors (Lipinski definition) is 1. The molecule has 3 rings (SSSR count). The Kier molecular flexibility index (Phi) is 4.22. The Morgan fingerprint density at radius 3 is 2.64 bits per heavy atom. The first kappa shape index (κ1) is 17.0. The average molecular weight is 339 g/mol. The molecule has 0 radical (unpaired) electrons. The van der Waals surface area contributed by atoms with Crippen molar-refractivity contribution in [3.63, 3.8) is 0 Å². The molecule has 1 N–H and O–H groups in total. The predicted molar refractivity (Wildman–Crippen MR) is 94.4 cm³/mol. The molecular formula is C19H21N3O3. The zero-order chi connectivity index (χ0) is 18.2. The van der Waals surface area contributed by atoms with Crippen molar-refractivity contribution in [2.75, 3.05) is 0 Å². The van der Waals surface area contributed by atoms with Gasteiger partial charge in [-0.05, 0) is 45.9 Å². The Morgan fingerprint density at radius 1 is 1.24 bits per heavy atom. The van der Waals surface area contributed by atoms with Crippen molar-refractivity contribution < 1.29 is 14.3 Å². The molecule has 6 heteroatoms. The van der Waals surface area contributed by atoms with Crippen LogP contribution in [0.3, 0.4) is 0 Å². The van der Waals surface area contributed by atoms with E-state index in [1.165, 1.54) is 0 Å². The van der Waals surface area contributed by atoms with Gasteiger partial charge in [-0.15, -0.1) is 0 Å². The van der Waals surface area contributed by atoms with Gasteiger partial charge >= 0.3 is 0 Å². The predicted octanol–water partition coefficient (Wildman–Crippen LogP) is 4.03. The van der Waals surface area contributed by atoms with E-state index in [1.807, 2.05) is 26.0 Å². The lowest BCUT2D eigenvalue weighted by molar-refractivity contribution is 0.0733. The highest BCUT2D eigenvalue weighted by atomic mass is 16.5. The fourth-order valence-electron chi connectivity index (χ4n) is 2.39. The molecular weight excluding hydrogens is 318 g/mol. The quantitative estimate of drug-likeness (QED) is 0.760. The van der Waals surface area contributed by atoms with Crippen LogP contribution in [0.1, 0.15) is 36.8 Å². The molecule has 0 aliphatic carbocycles. The Balaban J connectivity index is 1.86. The van der Waals surface area contributed by atoms with Crippen LogP contribution < -0.4 is 4.74 Å². The first-order valence-corrected chi connectivity index (χ1v) is 7.94. The van der Waals surface area contributed by atoms with Gasteiger partial charge in [-0.1, -0.05) is 12.6 Å². The van der Waals surface area contributed by atoms with E-state index in [-0.39, 0.29) is 0 Å². The van der Waals surface area contributed by atoms with Crippen LogP contribution in [-0.4, -0.2) is 19.9 Å². The molecule has 3 aromatic rings. The first-order valence-electron chi connectivity index (χ1n) is 7.94. The summed E-state index contributed by atoms with van der Waals surface area (Å²) in [4.78, 5) is 4.35. The largest absolute Gasteiger partial charge is 0.460 e. The van der Waals surface area contributed by atoms with Crippen LogP contribution in [0.5, 0.6) is 11.6 Å². The van der Waals surface area contributed by atoms with E-state index in [9.17, 15) is 5.11 Å². The molecule has 0 bridgehead atoms. The molecule has 6 nitrogen and oxygen atoms in total. The fourth-order valence-corrected chi connectivity index (χ4v) is 2.39. The van der Waals surface area contributed by atoms with Crippen molar-refractivity contribution >= 4 is 5.70 Å². The summed E-state index contributed by atoms with van der Waals surface area (Å²) in [5, 5.41) is 14.4. The lowest BCUT2D eigenvalue weighted by Crippen LogP contribution is -2.17. The fraction of sp³-hybridized carbons (Fsp3) is 0.263. The van der Waals surface area contributed by atoms with Crippen molar-refractivity contribution in [3.8, 4) is 11.6 Å². The third kappa shape index (κ3) is 3.49. The van der Waals surface area contributed by atoms with E-state index in [2.05, 4.69) is 16.7 Å². The van der Waals surface area contributed by atoms with Gasteiger partial charge in [-0.2, -0.15) is 5.10 Å². The topological polar surface area (TPSA) is 73.3 Å². The zero-order valence-corrected chi connectivity index (χ0v) is 14.8. The van der Waals surface area contributed by atoms with Crippen LogP contribution in [0.4, 0.5) is 0 Å². The maximum absolute atomic E-state index is 10.1. The van der Waals surface area contributed by atoms with Crippen molar-refractivity contribution in [1.29, 1.82) is 0 Å². The first-order chi connectivity index (χ1) is 11.8. The van der Waals surface area contributed by atoms with E-state index < -0.39 is 5.60 Å². The lowest BCUT2D eigenvalue weighted by atomic mass is 10.1. The number of hydrogen-bond acceptors (Lipinski definition) is 5. The summed E-state index contributed by atoms with van der Waals surface area (Å²) in [6.07, 6.45) is 1.61. The monoisotopic (exact) mass is 339 g/mol. The zero-order valence-electron chi connectivity index (χ0n) is 14.8. The molecule has 0 aromatic carbocycles. The Hall–Kier alpha value is -2.86. The minimum absolute atomic E-state index is 0.390. The number of aromatic nitrogens is 3. The van der Waals surface area contributed by atoms with Crippen molar-refractivity contribution in [1.82, 2.24) is 14.8 Å². The number of aliphatic hydroxyl groups is 1. The second kappa shape index (κ2) is 6.22. The highest BCUT2D eigenvalue weighted by Crippen LogP contribution is 2.28. The summed E-state index contributed by atoms with van der Waals surface area (Å²) >= 11 is 0. The molecule has 0 fully saturated rings. The minimum Gasteiger partial charge on any atom is -0.460 e. The second-order valence-corrected chi connectivity index (χ2v) is 6.39. The maximum Gasteiger partial charge on any atom is 0.219 e. The molecule has 130 valence electrons. The number of pyridine rings is 1. The van der Waals surface area contributed by atoms with Crippen molar-refractivity contribution in [2.24, 2.45) is 0 Å². The van der Waals surface area contributed by atoms with Crippen molar-refractivity contribution in [2.45, 2.75) is 33.3 Å². The summed E-state index contributed by atoms with van der Waals surface area (Å²) in [5.41, 5.74) is 0.892. The molecule has 0 aliphatic heterocycles. The number of furan rings is 1. The van der Waals surface area contributed by atoms with Crippen LogP contribution in [0.25, 0.3) is 5.70 Å². The summed E-state index contributed by atoms with van der Waals surface area (Å²) in [5.74, 6) is 2.41. The summed E-state index contributed by atoms with van der Waals surface area (Å²) in [6, 6.07) is 9.01. The molecule has 0 atom stereocenters. The van der Waals surface area contributed by atoms with Gasteiger partial charge in [0, 0.05) is 6.07 Å². The Labute approximate surface area is 146 Å². The Bertz CT molecular complexity index is 916. The molecule has 0 aliphatic rings. The molecule has 3 heterocycles. The highest BCUT2D eigenvalue weighted by Gasteiger charge is 2.19. The molecule has 0 saturated heterocycles. The SMILES string of the molecule is C=C(c1ccc(C)o1)n1ncc(Oc2cccc(C(C)(C)O)n2)c1C. The van der Waals surface area contributed by atoms with Crippen molar-refractivity contribution in [3.05, 3.63) is 66.0 Å². The molecule has 0 spiro atoms. The highest BCUT2D eigenvalue weighted by molar-refractivity contribution is 5.60. The standard InChI is InChI=1S/C19H21N3O3/c1-12-9-10-15(24-12)13(2)22-14(3)16(11-20-22)25-18-8-6-7-17(21-18)19(4,5)23/h6-11,23H,2H2,1,3-5H3. The smallest absolute Gasteiger partial charge is 0.219 e. The van der Waals surface area contributed by atoms with Crippen LogP contribution in [0, 0.1) is 13.8 Å². The van der Waals surface area contributed by atoms with Gasteiger partial charge < -0.3 is 14.3 Å². The van der Waals surface area contributed by atoms with Gasteiger partial charge in [0.25, 0.3) is 0 Å². The van der Waals surface area contributed by atoms with E-state index in [0.717, 1.165) is 11.5 Å². The average Bonchev–Trinajstić information content (AvgIpc) is 3.13. The van der Waals surface area contributed by atoms with Gasteiger partial charge in [-0.25, -0.2) is 9.67 Å². The second-order valence-electron chi connectivity index (χ2n) is 6.39. The maximum atomic E-state index is 10.1. The van der Waals surface area contributed by atoms with Gasteiger partial charge in [0.15, 0.2) is 11.5 Å². The Morgan fingerprint density at radius 2 is 2.00 bits per heavy atom. The third-order valence-electron chi connectivity index (χ3n) is 3.81. The van der Waals surface area contributed by atoms with E-state index >= 15 is 0 Å². The summed E-state index contributed by atoms with van der Waals surface area (Å²) in [6.45, 7) is 11.2. The van der Waals surface area contributed by atoms with Gasteiger partial charge in [0.1, 0.15) is 17.1 Å². The normalized spacial score (nSPS) is 11.6. The number of rotatable bonds is 5. The number of aryl methyl sites for hydroxylation is 1. The molecule has 0 unspecified atom stereocenters. The van der Waals surface area contributed by atoms with Crippen LogP contribution in [0.15, 0.2) is 47.5 Å². The van der Waals surface area contributed by atoms with E-state index in [0.29, 0.717) is 28.8 Å². The summed E-state index contributed by atoms with van der Waals surface area (Å²) < 4.78 is 13.1. The minimum atomic E-state index is -1.04. The van der Waals surface area contributed by atoms with Gasteiger partial charge in [0.2, 0.25) is 5.88 Å². The van der Waals surface area contributed by atoms with Crippen LogP contribution in [-0.2, 0) is 5.60 Å². The number of nitrogens with zero attached hydrogens (tertiary/aromatic N) is 3. The molecule has 3 aromatic heterocycles. The van der Waals surface area contributed by atoms with E-state index in [4.69, 9.17) is 9.15 Å². The van der Waals surface area contributed by atoms with E-state index in [1.54, 1.807) is 42.9 Å². The molecule has 25 heavy (non-hydrogen) atoms. The number of ether oxygens (including phenoxy) is 1. The molecule has 0 saturated carbocycles. The summed E-state index contributed by atoms with van der Waals surface area (Å²) in [7, 11) is 0. The third-order valence-corrected chi connectivity index (χ3v) is 3.81. The van der Waals surface area contributed by atoms with Crippen LogP contribution >= 0.6 is 0 Å². The van der Waals surface area contributed by atoms with Gasteiger partial charge in [-0.3, -0.25) is 0 Å². The lowest BCUT2D eigenvalue weighted by Gasteiger charge is -2.17. The van der Waals surface area contributed by atoms with Gasteiger partial charge in [0.05, 0.1) is 17.6 Å².